The maximum atomic E-state index is 12.8. The largest absolute Gasteiger partial charge is 0.497 e. The van der Waals surface area contributed by atoms with Crippen LogP contribution < -0.4 is 15.2 Å². The summed E-state index contributed by atoms with van der Waals surface area (Å²) < 4.78 is 48.7. The summed E-state index contributed by atoms with van der Waals surface area (Å²) in [6, 6.07) is 6.46. The molecule has 0 amide bonds. The van der Waals surface area contributed by atoms with E-state index < -0.39 is 11.7 Å². The molecule has 21 heavy (non-hydrogen) atoms. The summed E-state index contributed by atoms with van der Waals surface area (Å²) >= 11 is 0. The van der Waals surface area contributed by atoms with Gasteiger partial charge >= 0.3 is 6.18 Å². The Balaban J connectivity index is 2.59. The maximum Gasteiger partial charge on any atom is 0.416 e. The molecule has 0 saturated carbocycles. The number of ether oxygens (including phenoxy) is 2. The van der Waals surface area contributed by atoms with E-state index in [9.17, 15) is 13.2 Å². The van der Waals surface area contributed by atoms with Crippen molar-refractivity contribution in [3.05, 3.63) is 35.9 Å². The number of hydrogen-bond acceptors (Lipinski definition) is 4. The normalized spacial score (nSPS) is 11.3. The topological polar surface area (TPSA) is 57.4 Å². The molecule has 0 radical (unpaired) electrons. The Hall–Kier alpha value is -2.44. The average molecular weight is 298 g/mol. The molecular weight excluding hydrogens is 285 g/mol. The number of hydrogen-bond donors (Lipinski definition) is 1. The number of pyridine rings is 1. The van der Waals surface area contributed by atoms with E-state index in [2.05, 4.69) is 4.98 Å². The fourth-order valence-corrected chi connectivity index (χ4v) is 1.86. The third-order valence-corrected chi connectivity index (χ3v) is 2.86. The van der Waals surface area contributed by atoms with Crippen LogP contribution in [0.5, 0.6) is 11.5 Å². The van der Waals surface area contributed by atoms with Crippen LogP contribution in [0.3, 0.4) is 0 Å². The second-order valence-electron chi connectivity index (χ2n) is 4.23. The summed E-state index contributed by atoms with van der Waals surface area (Å²) in [6.45, 7) is 0. The van der Waals surface area contributed by atoms with Crippen molar-refractivity contribution in [2.24, 2.45) is 0 Å². The monoisotopic (exact) mass is 298 g/mol. The van der Waals surface area contributed by atoms with Crippen molar-refractivity contribution < 1.29 is 22.6 Å². The Morgan fingerprint density at radius 1 is 1.05 bits per heavy atom. The molecule has 2 aromatic rings. The number of rotatable bonds is 3. The minimum Gasteiger partial charge on any atom is -0.497 e. The van der Waals surface area contributed by atoms with Crippen molar-refractivity contribution in [3.8, 4) is 22.8 Å². The van der Waals surface area contributed by atoms with Crippen LogP contribution in [0.2, 0.25) is 0 Å². The number of aromatic nitrogens is 1. The predicted octanol–water partition coefficient (Wildman–Crippen LogP) is 3.37. The lowest BCUT2D eigenvalue weighted by molar-refractivity contribution is -0.137. The average Bonchev–Trinajstić information content (AvgIpc) is 2.45. The quantitative estimate of drug-likeness (QED) is 0.944. The summed E-state index contributed by atoms with van der Waals surface area (Å²) in [4.78, 5) is 3.94. The molecule has 0 aliphatic rings. The van der Waals surface area contributed by atoms with Crippen LogP contribution in [0.25, 0.3) is 11.3 Å². The first-order valence-corrected chi connectivity index (χ1v) is 5.92. The van der Waals surface area contributed by atoms with Gasteiger partial charge in [-0.1, -0.05) is 0 Å². The van der Waals surface area contributed by atoms with E-state index in [1.165, 1.54) is 14.2 Å². The van der Waals surface area contributed by atoms with E-state index in [1.54, 1.807) is 18.2 Å². The first-order valence-electron chi connectivity index (χ1n) is 5.92. The van der Waals surface area contributed by atoms with Crippen LogP contribution in [-0.2, 0) is 6.18 Å². The van der Waals surface area contributed by atoms with Gasteiger partial charge in [0.15, 0.2) is 0 Å². The molecule has 0 fully saturated rings. The molecule has 0 unspecified atom stereocenters. The molecule has 0 atom stereocenters. The van der Waals surface area contributed by atoms with Gasteiger partial charge in [-0.15, -0.1) is 0 Å². The third-order valence-electron chi connectivity index (χ3n) is 2.86. The van der Waals surface area contributed by atoms with Crippen LogP contribution in [0.4, 0.5) is 19.0 Å². The van der Waals surface area contributed by atoms with Gasteiger partial charge < -0.3 is 15.2 Å². The second-order valence-corrected chi connectivity index (χ2v) is 4.23. The number of nitrogens with zero attached hydrogens (tertiary/aromatic N) is 1. The smallest absolute Gasteiger partial charge is 0.416 e. The number of methoxy groups -OCH3 is 2. The van der Waals surface area contributed by atoms with Crippen LogP contribution in [-0.4, -0.2) is 19.2 Å². The zero-order chi connectivity index (χ0) is 15.6. The molecule has 2 N–H and O–H groups in total. The molecule has 0 bridgehead atoms. The van der Waals surface area contributed by atoms with Crippen molar-refractivity contribution in [3.63, 3.8) is 0 Å². The molecule has 0 aliphatic carbocycles. The first-order chi connectivity index (χ1) is 9.85. The number of benzene rings is 1. The van der Waals surface area contributed by atoms with E-state index in [-0.39, 0.29) is 11.5 Å². The lowest BCUT2D eigenvalue weighted by Gasteiger charge is -2.13. The van der Waals surface area contributed by atoms with Crippen molar-refractivity contribution in [2.45, 2.75) is 6.18 Å². The van der Waals surface area contributed by atoms with Gasteiger partial charge in [-0.2, -0.15) is 13.2 Å². The standard InChI is InChI=1S/C14H13F3N2O2/c1-20-9-3-4-10(12(7-9)21-2)11-5-8(14(15,16)17)6-13(18)19-11/h3-7H,1-2H3,(H2,18,19). The van der Waals surface area contributed by atoms with Gasteiger partial charge in [-0.05, 0) is 24.3 Å². The molecule has 7 heteroatoms. The Labute approximate surface area is 119 Å². The van der Waals surface area contributed by atoms with Crippen molar-refractivity contribution in [1.82, 2.24) is 4.98 Å². The highest BCUT2D eigenvalue weighted by Gasteiger charge is 2.31. The van der Waals surface area contributed by atoms with E-state index in [0.717, 1.165) is 12.1 Å². The molecule has 1 aromatic carbocycles. The lowest BCUT2D eigenvalue weighted by atomic mass is 10.1. The van der Waals surface area contributed by atoms with Gasteiger partial charge in [0.2, 0.25) is 0 Å². The molecule has 0 saturated heterocycles. The summed E-state index contributed by atoms with van der Waals surface area (Å²) in [6.07, 6.45) is -4.49. The molecule has 1 heterocycles. The number of halogens is 3. The SMILES string of the molecule is COc1ccc(-c2cc(C(F)(F)F)cc(N)n2)c(OC)c1. The Morgan fingerprint density at radius 3 is 2.33 bits per heavy atom. The Bertz CT molecular complexity index is 657. The molecule has 112 valence electrons. The van der Waals surface area contributed by atoms with Crippen molar-refractivity contribution in [1.29, 1.82) is 0 Å². The summed E-state index contributed by atoms with van der Waals surface area (Å²) in [7, 11) is 2.89. The fourth-order valence-electron chi connectivity index (χ4n) is 1.86. The van der Waals surface area contributed by atoms with Gasteiger partial charge in [0, 0.05) is 11.6 Å². The molecule has 4 nitrogen and oxygen atoms in total. The highest BCUT2D eigenvalue weighted by molar-refractivity contribution is 5.70. The van der Waals surface area contributed by atoms with E-state index in [4.69, 9.17) is 15.2 Å². The fraction of sp³-hybridized carbons (Fsp3) is 0.214. The number of anilines is 1. The number of nitrogen functional groups attached to an aromatic ring is 1. The third kappa shape index (κ3) is 3.18. The lowest BCUT2D eigenvalue weighted by Crippen LogP contribution is -2.07. The van der Waals surface area contributed by atoms with E-state index >= 15 is 0 Å². The summed E-state index contributed by atoms with van der Waals surface area (Å²) in [5, 5.41) is 0. The minimum atomic E-state index is -4.49. The molecule has 1 aromatic heterocycles. The predicted molar refractivity (Wildman–Crippen MR) is 72.2 cm³/mol. The van der Waals surface area contributed by atoms with Gasteiger partial charge in [0.05, 0.1) is 25.5 Å². The van der Waals surface area contributed by atoms with Crippen LogP contribution in [0.15, 0.2) is 30.3 Å². The summed E-state index contributed by atoms with van der Waals surface area (Å²) in [5.41, 5.74) is 5.09. The van der Waals surface area contributed by atoms with Crippen LogP contribution in [0, 0.1) is 0 Å². The zero-order valence-corrected chi connectivity index (χ0v) is 11.4. The highest BCUT2D eigenvalue weighted by atomic mass is 19.4. The number of nitrogens with two attached hydrogens (primary N) is 1. The molecular formula is C14H13F3N2O2. The van der Waals surface area contributed by atoms with E-state index in [0.29, 0.717) is 17.1 Å². The van der Waals surface area contributed by atoms with Gasteiger partial charge in [-0.25, -0.2) is 4.98 Å². The van der Waals surface area contributed by atoms with Crippen molar-refractivity contribution in [2.75, 3.05) is 20.0 Å². The van der Waals surface area contributed by atoms with Gasteiger partial charge in [0.1, 0.15) is 17.3 Å². The molecule has 2 rings (SSSR count). The minimum absolute atomic E-state index is 0.0850. The molecule has 0 aliphatic heterocycles. The van der Waals surface area contributed by atoms with E-state index in [1.807, 2.05) is 0 Å². The maximum absolute atomic E-state index is 12.8. The van der Waals surface area contributed by atoms with Gasteiger partial charge in [-0.3, -0.25) is 0 Å². The molecule has 0 spiro atoms. The van der Waals surface area contributed by atoms with Crippen molar-refractivity contribution >= 4 is 5.82 Å². The van der Waals surface area contributed by atoms with Crippen LogP contribution in [0.1, 0.15) is 5.56 Å². The zero-order valence-electron chi connectivity index (χ0n) is 11.4. The van der Waals surface area contributed by atoms with Gasteiger partial charge in [0.25, 0.3) is 0 Å². The number of alkyl halides is 3. The summed E-state index contributed by atoms with van der Waals surface area (Å²) in [5.74, 6) is 0.661. The second kappa shape index (κ2) is 5.51. The Kier molecular flexibility index (Phi) is 3.93. The van der Waals surface area contributed by atoms with Crippen LogP contribution >= 0.6 is 0 Å². The highest BCUT2D eigenvalue weighted by Crippen LogP contribution is 2.36. The Morgan fingerprint density at radius 2 is 1.76 bits per heavy atom. The first kappa shape index (κ1) is 15.0.